The first kappa shape index (κ1) is 11.4. The molecule has 4 nitrogen and oxygen atoms in total. The van der Waals surface area contributed by atoms with Crippen LogP contribution in [0.3, 0.4) is 0 Å². The van der Waals surface area contributed by atoms with E-state index in [1.807, 2.05) is 19.9 Å². The van der Waals surface area contributed by atoms with E-state index in [2.05, 4.69) is 4.98 Å². The van der Waals surface area contributed by atoms with Gasteiger partial charge < -0.3 is 9.72 Å². The predicted molar refractivity (Wildman–Crippen MR) is 65.4 cm³/mol. The SMILES string of the molecule is COC(=O)c1c[nH]c(=O)c2cc(C)c(C)cc12. The van der Waals surface area contributed by atoms with Gasteiger partial charge in [0.25, 0.3) is 5.56 Å². The van der Waals surface area contributed by atoms with Gasteiger partial charge in [-0.15, -0.1) is 0 Å². The highest BCUT2D eigenvalue weighted by Crippen LogP contribution is 2.20. The summed E-state index contributed by atoms with van der Waals surface area (Å²) in [6.45, 7) is 3.87. The Hall–Kier alpha value is -2.10. The molecule has 1 aromatic carbocycles. The molecular formula is C13H13NO3. The molecule has 0 atom stereocenters. The molecule has 0 bridgehead atoms. The molecule has 17 heavy (non-hydrogen) atoms. The molecule has 0 aliphatic rings. The van der Waals surface area contributed by atoms with E-state index in [-0.39, 0.29) is 5.56 Å². The first-order chi connectivity index (χ1) is 8.04. The quantitative estimate of drug-likeness (QED) is 0.763. The number of rotatable bonds is 1. The molecule has 0 aliphatic carbocycles. The number of ether oxygens (including phenoxy) is 1. The van der Waals surface area contributed by atoms with Gasteiger partial charge in [0.1, 0.15) is 0 Å². The third kappa shape index (κ3) is 1.82. The largest absolute Gasteiger partial charge is 0.465 e. The number of nitrogens with one attached hydrogen (secondary N) is 1. The maximum atomic E-state index is 11.7. The van der Waals surface area contributed by atoms with Gasteiger partial charge in [0.15, 0.2) is 0 Å². The number of carbonyl (C=O) groups excluding carboxylic acids is 1. The summed E-state index contributed by atoms with van der Waals surface area (Å²) >= 11 is 0. The lowest BCUT2D eigenvalue weighted by Gasteiger charge is -2.07. The molecule has 0 unspecified atom stereocenters. The minimum absolute atomic E-state index is 0.198. The lowest BCUT2D eigenvalue weighted by atomic mass is 10.0. The zero-order valence-electron chi connectivity index (χ0n) is 9.96. The van der Waals surface area contributed by atoms with Gasteiger partial charge in [-0.3, -0.25) is 4.79 Å². The number of aromatic nitrogens is 1. The normalized spacial score (nSPS) is 10.5. The Balaban J connectivity index is 2.89. The third-order valence-corrected chi connectivity index (χ3v) is 2.92. The molecule has 1 aromatic heterocycles. The molecule has 1 heterocycles. The van der Waals surface area contributed by atoms with Crippen LogP contribution >= 0.6 is 0 Å². The second kappa shape index (κ2) is 4.05. The number of carbonyl (C=O) groups is 1. The second-order valence-corrected chi connectivity index (χ2v) is 4.01. The number of H-pyrrole nitrogens is 1. The van der Waals surface area contributed by atoms with Gasteiger partial charge in [-0.25, -0.2) is 4.79 Å². The molecule has 0 saturated heterocycles. The van der Waals surface area contributed by atoms with Crippen molar-refractivity contribution in [1.29, 1.82) is 0 Å². The van der Waals surface area contributed by atoms with Gasteiger partial charge in [-0.2, -0.15) is 0 Å². The van der Waals surface area contributed by atoms with E-state index in [1.165, 1.54) is 13.3 Å². The van der Waals surface area contributed by atoms with Crippen molar-refractivity contribution >= 4 is 16.7 Å². The van der Waals surface area contributed by atoms with Crippen LogP contribution in [-0.4, -0.2) is 18.1 Å². The highest BCUT2D eigenvalue weighted by molar-refractivity contribution is 6.04. The topological polar surface area (TPSA) is 59.2 Å². The van der Waals surface area contributed by atoms with Crippen molar-refractivity contribution in [1.82, 2.24) is 4.98 Å². The van der Waals surface area contributed by atoms with Crippen molar-refractivity contribution in [3.63, 3.8) is 0 Å². The maximum absolute atomic E-state index is 11.7. The standard InChI is InChI=1S/C13H13NO3/c1-7-4-9-10(5-8(7)2)12(15)14-6-11(9)13(16)17-3/h4-6H,1-3H3,(H,14,15). The van der Waals surface area contributed by atoms with E-state index in [4.69, 9.17) is 4.74 Å². The van der Waals surface area contributed by atoms with Crippen LogP contribution < -0.4 is 5.56 Å². The molecule has 0 fully saturated rings. The van der Waals surface area contributed by atoms with Gasteiger partial charge in [0.2, 0.25) is 0 Å². The fourth-order valence-electron chi connectivity index (χ4n) is 1.80. The third-order valence-electron chi connectivity index (χ3n) is 2.92. The van der Waals surface area contributed by atoms with Crippen molar-refractivity contribution in [2.24, 2.45) is 0 Å². The Morgan fingerprint density at radius 2 is 1.76 bits per heavy atom. The summed E-state index contributed by atoms with van der Waals surface area (Å²) in [7, 11) is 1.32. The smallest absolute Gasteiger partial charge is 0.339 e. The van der Waals surface area contributed by atoms with Gasteiger partial charge in [-0.05, 0) is 31.0 Å². The fraction of sp³-hybridized carbons (Fsp3) is 0.231. The van der Waals surface area contributed by atoms with Crippen molar-refractivity contribution in [2.45, 2.75) is 13.8 Å². The van der Waals surface area contributed by atoms with Crippen LogP contribution in [0.15, 0.2) is 23.1 Å². The van der Waals surface area contributed by atoms with Crippen molar-refractivity contribution in [2.75, 3.05) is 7.11 Å². The highest BCUT2D eigenvalue weighted by Gasteiger charge is 2.13. The Bertz CT molecular complexity index is 655. The molecule has 4 heteroatoms. The minimum atomic E-state index is -0.450. The summed E-state index contributed by atoms with van der Waals surface area (Å²) in [6, 6.07) is 3.63. The van der Waals surface area contributed by atoms with E-state index in [0.29, 0.717) is 16.3 Å². The lowest BCUT2D eigenvalue weighted by Crippen LogP contribution is -2.11. The van der Waals surface area contributed by atoms with Crippen molar-refractivity contribution < 1.29 is 9.53 Å². The lowest BCUT2D eigenvalue weighted by molar-refractivity contribution is 0.0602. The van der Waals surface area contributed by atoms with E-state index < -0.39 is 5.97 Å². The molecule has 0 saturated carbocycles. The molecule has 88 valence electrons. The first-order valence-electron chi connectivity index (χ1n) is 5.25. The van der Waals surface area contributed by atoms with Crippen LogP contribution in [0.5, 0.6) is 0 Å². The number of benzene rings is 1. The summed E-state index contributed by atoms with van der Waals surface area (Å²) < 4.78 is 4.69. The highest BCUT2D eigenvalue weighted by atomic mass is 16.5. The number of esters is 1. The first-order valence-corrected chi connectivity index (χ1v) is 5.25. The summed E-state index contributed by atoms with van der Waals surface area (Å²) in [5, 5.41) is 1.14. The Labute approximate surface area is 98.2 Å². The molecule has 1 N–H and O–H groups in total. The fourth-order valence-corrected chi connectivity index (χ4v) is 1.80. The predicted octanol–water partition coefficient (Wildman–Crippen LogP) is 1.93. The number of pyridine rings is 1. The van der Waals surface area contributed by atoms with Crippen LogP contribution in [0.2, 0.25) is 0 Å². The number of aryl methyl sites for hydroxylation is 2. The number of methoxy groups -OCH3 is 1. The number of hydrogen-bond donors (Lipinski definition) is 1. The van der Waals surface area contributed by atoms with Crippen LogP contribution in [0.25, 0.3) is 10.8 Å². The van der Waals surface area contributed by atoms with Gasteiger partial charge in [0.05, 0.1) is 12.7 Å². The van der Waals surface area contributed by atoms with Crippen LogP contribution in [0.4, 0.5) is 0 Å². The summed E-state index contributed by atoms with van der Waals surface area (Å²) in [5.74, 6) is -0.450. The number of fused-ring (bicyclic) bond motifs is 1. The van der Waals surface area contributed by atoms with E-state index in [1.54, 1.807) is 6.07 Å². The van der Waals surface area contributed by atoms with Crippen LogP contribution in [0, 0.1) is 13.8 Å². The van der Waals surface area contributed by atoms with Crippen molar-refractivity contribution in [3.05, 3.63) is 45.4 Å². The zero-order valence-corrected chi connectivity index (χ0v) is 9.96. The maximum Gasteiger partial charge on any atom is 0.339 e. The van der Waals surface area contributed by atoms with Crippen LogP contribution in [0.1, 0.15) is 21.5 Å². The zero-order chi connectivity index (χ0) is 12.6. The van der Waals surface area contributed by atoms with E-state index in [0.717, 1.165) is 11.1 Å². The van der Waals surface area contributed by atoms with Gasteiger partial charge >= 0.3 is 5.97 Å². The molecule has 0 aliphatic heterocycles. The molecule has 0 amide bonds. The van der Waals surface area contributed by atoms with Crippen LogP contribution in [-0.2, 0) is 4.74 Å². The Morgan fingerprint density at radius 3 is 2.35 bits per heavy atom. The molecule has 0 radical (unpaired) electrons. The summed E-state index contributed by atoms with van der Waals surface area (Å²) in [4.78, 5) is 25.8. The molecule has 2 aromatic rings. The Morgan fingerprint density at radius 1 is 1.18 bits per heavy atom. The average molecular weight is 231 g/mol. The van der Waals surface area contributed by atoms with Gasteiger partial charge in [0, 0.05) is 17.0 Å². The second-order valence-electron chi connectivity index (χ2n) is 4.01. The summed E-state index contributed by atoms with van der Waals surface area (Å²) in [6.07, 6.45) is 1.39. The number of hydrogen-bond acceptors (Lipinski definition) is 3. The van der Waals surface area contributed by atoms with E-state index in [9.17, 15) is 9.59 Å². The molecular weight excluding hydrogens is 218 g/mol. The minimum Gasteiger partial charge on any atom is -0.465 e. The molecule has 0 spiro atoms. The molecule has 2 rings (SSSR count). The number of aromatic amines is 1. The van der Waals surface area contributed by atoms with Gasteiger partial charge in [-0.1, -0.05) is 6.07 Å². The monoisotopic (exact) mass is 231 g/mol. The van der Waals surface area contributed by atoms with Crippen molar-refractivity contribution in [3.8, 4) is 0 Å². The summed E-state index contributed by atoms with van der Waals surface area (Å²) in [5.41, 5.74) is 2.24. The Kier molecular flexibility index (Phi) is 2.71. The van der Waals surface area contributed by atoms with E-state index >= 15 is 0 Å². The average Bonchev–Trinajstić information content (AvgIpc) is 2.31.